The van der Waals surface area contributed by atoms with Crippen LogP contribution in [0.15, 0.2) is 40.6 Å². The van der Waals surface area contributed by atoms with E-state index < -0.39 is 50.1 Å². The van der Waals surface area contributed by atoms with Gasteiger partial charge in [-0.1, -0.05) is 0 Å². The average molecular weight is 389 g/mol. The number of ether oxygens (including phenoxy) is 1. The summed E-state index contributed by atoms with van der Waals surface area (Å²) in [5.74, 6) is 0. The van der Waals surface area contributed by atoms with Crippen LogP contribution in [-0.2, 0) is 20.9 Å². The first kappa shape index (κ1) is 18.7. The third-order valence-corrected chi connectivity index (χ3v) is 5.22. The summed E-state index contributed by atoms with van der Waals surface area (Å²) < 4.78 is 26.0. The molecule has 4 N–H and O–H groups in total. The van der Waals surface area contributed by atoms with E-state index in [2.05, 4.69) is 0 Å². The Balaban J connectivity index is 1.73. The number of H-pyrrole nitrogens is 1. The predicted octanol–water partition coefficient (Wildman–Crippen LogP) is -2.55. The van der Waals surface area contributed by atoms with Crippen molar-refractivity contribution >= 4 is 7.75 Å². The van der Waals surface area contributed by atoms with Crippen molar-refractivity contribution in [1.82, 2.24) is 13.9 Å². The van der Waals surface area contributed by atoms with Gasteiger partial charge in [0.15, 0.2) is 6.23 Å². The van der Waals surface area contributed by atoms with E-state index >= 15 is 0 Å². The van der Waals surface area contributed by atoms with Crippen LogP contribution >= 0.6 is 7.75 Å². The van der Waals surface area contributed by atoms with E-state index in [9.17, 15) is 29.3 Å². The van der Waals surface area contributed by atoms with Crippen LogP contribution in [0, 0.1) is 0 Å². The summed E-state index contributed by atoms with van der Waals surface area (Å²) in [5, 5.41) is 20.2. The highest BCUT2D eigenvalue weighted by Crippen LogP contribution is 2.44. The molecule has 12 nitrogen and oxygen atoms in total. The molecule has 2 aromatic rings. The summed E-state index contributed by atoms with van der Waals surface area (Å²) >= 11 is 0. The van der Waals surface area contributed by atoms with E-state index in [1.807, 2.05) is 4.98 Å². The second-order valence-corrected chi connectivity index (χ2v) is 7.51. The first-order valence-electron chi connectivity index (χ1n) is 7.53. The lowest BCUT2D eigenvalue weighted by Gasteiger charge is -2.16. The molecule has 0 aromatic carbocycles. The minimum atomic E-state index is -4.22. The van der Waals surface area contributed by atoms with Crippen molar-refractivity contribution in [1.29, 1.82) is 0 Å². The molecular weight excluding hydrogens is 371 g/mol. The number of nitrogens with one attached hydrogen (secondary N) is 1. The van der Waals surface area contributed by atoms with Gasteiger partial charge in [-0.05, 0) is 0 Å². The second-order valence-electron chi connectivity index (χ2n) is 5.81. The topological polar surface area (TPSA) is 160 Å². The van der Waals surface area contributed by atoms with Gasteiger partial charge in [0.25, 0.3) is 11.9 Å². The van der Waals surface area contributed by atoms with Crippen LogP contribution < -0.4 is 15.8 Å². The monoisotopic (exact) mass is 389 g/mol. The van der Waals surface area contributed by atoms with Crippen LogP contribution in [0.25, 0.3) is 0 Å². The number of aliphatic hydroxyl groups excluding tert-OH is 2. The number of nitrogens with zero attached hydrogens (tertiary/aromatic N) is 3. The van der Waals surface area contributed by atoms with Crippen molar-refractivity contribution in [2.24, 2.45) is 7.05 Å². The Morgan fingerprint density at radius 1 is 1.35 bits per heavy atom. The van der Waals surface area contributed by atoms with E-state index in [0.29, 0.717) is 0 Å². The lowest BCUT2D eigenvalue weighted by molar-refractivity contribution is -0.670. The number of imidazole rings is 1. The fourth-order valence-electron chi connectivity index (χ4n) is 2.55. The quantitative estimate of drug-likeness (QED) is 0.321. The van der Waals surface area contributed by atoms with Crippen LogP contribution in [0.5, 0.6) is 0 Å². The Kier molecular flexibility index (Phi) is 4.97. The maximum absolute atomic E-state index is 12.2. The summed E-state index contributed by atoms with van der Waals surface area (Å²) in [5.41, 5.74) is -1.46. The molecule has 0 bridgehead atoms. The van der Waals surface area contributed by atoms with Gasteiger partial charge in [0.2, 0.25) is 0 Å². The second kappa shape index (κ2) is 6.91. The number of aromatic amines is 1. The van der Waals surface area contributed by atoms with Crippen molar-refractivity contribution in [3.05, 3.63) is 51.8 Å². The summed E-state index contributed by atoms with van der Waals surface area (Å²) in [4.78, 5) is 34.9. The zero-order valence-corrected chi connectivity index (χ0v) is 14.5. The molecule has 3 heterocycles. The van der Waals surface area contributed by atoms with Gasteiger partial charge in [0.1, 0.15) is 30.7 Å². The van der Waals surface area contributed by atoms with Crippen molar-refractivity contribution in [2.75, 3.05) is 6.61 Å². The minimum Gasteiger partial charge on any atom is -0.387 e. The first-order valence-corrected chi connectivity index (χ1v) is 9.06. The smallest absolute Gasteiger partial charge is 0.387 e. The highest BCUT2D eigenvalue weighted by Gasteiger charge is 2.45. The summed E-state index contributed by atoms with van der Waals surface area (Å²) in [6.45, 7) is -0.511. The van der Waals surface area contributed by atoms with E-state index in [1.54, 1.807) is 7.05 Å². The first-order chi connectivity index (χ1) is 12.2. The maximum atomic E-state index is 12.2. The fraction of sp³-hybridized carbons (Fsp3) is 0.462. The highest BCUT2D eigenvalue weighted by molar-refractivity contribution is 7.51. The van der Waals surface area contributed by atoms with E-state index in [-0.39, 0.29) is 0 Å². The summed E-state index contributed by atoms with van der Waals surface area (Å²) in [6.07, 6.45) is -0.107. The molecule has 0 spiro atoms. The third kappa shape index (κ3) is 3.56. The molecule has 13 heteroatoms. The Labute approximate surface area is 146 Å². The van der Waals surface area contributed by atoms with Crippen LogP contribution in [0.4, 0.5) is 0 Å². The van der Waals surface area contributed by atoms with Crippen LogP contribution in [0.2, 0.25) is 0 Å². The Morgan fingerprint density at radius 2 is 2.08 bits per heavy atom. The molecule has 1 aliphatic rings. The zero-order valence-electron chi connectivity index (χ0n) is 13.6. The molecule has 0 radical (unpaired) electrons. The molecule has 0 amide bonds. The molecule has 5 atom stereocenters. The Morgan fingerprint density at radius 3 is 2.69 bits per heavy atom. The molecular formula is C13H18N4O8P+. The van der Waals surface area contributed by atoms with Gasteiger partial charge in [-0.25, -0.2) is 13.9 Å². The number of aromatic nitrogens is 4. The van der Waals surface area contributed by atoms with Gasteiger partial charge >= 0.3 is 13.4 Å². The molecule has 2 aromatic heterocycles. The van der Waals surface area contributed by atoms with Crippen LogP contribution in [-0.4, -0.2) is 53.9 Å². The molecule has 0 saturated carbocycles. The largest absolute Gasteiger partial charge is 0.525 e. The van der Waals surface area contributed by atoms with Crippen LogP contribution in [0.3, 0.4) is 0 Å². The van der Waals surface area contributed by atoms with Crippen molar-refractivity contribution in [2.45, 2.75) is 24.5 Å². The number of hydrogen-bond acceptors (Lipinski definition) is 7. The van der Waals surface area contributed by atoms with Crippen molar-refractivity contribution in [3.8, 4) is 0 Å². The normalized spacial score (nSPS) is 28.2. The van der Waals surface area contributed by atoms with Crippen molar-refractivity contribution in [3.63, 3.8) is 0 Å². The molecule has 0 aliphatic carbocycles. The summed E-state index contributed by atoms with van der Waals surface area (Å²) in [7, 11) is -2.57. The maximum Gasteiger partial charge on any atom is 0.525 e. The molecule has 142 valence electrons. The number of hydrogen-bond donors (Lipinski definition) is 4. The van der Waals surface area contributed by atoms with E-state index in [4.69, 9.17) is 9.26 Å². The van der Waals surface area contributed by atoms with Crippen LogP contribution in [0.1, 0.15) is 6.23 Å². The Bertz CT molecular complexity index is 952. The number of rotatable bonds is 5. The summed E-state index contributed by atoms with van der Waals surface area (Å²) in [6, 6.07) is 1.06. The van der Waals surface area contributed by atoms with E-state index in [1.165, 1.54) is 23.3 Å². The molecule has 26 heavy (non-hydrogen) atoms. The average Bonchev–Trinajstić information content (AvgIpc) is 3.12. The lowest BCUT2D eigenvalue weighted by atomic mass is 10.1. The molecule has 1 saturated heterocycles. The standard InChI is InChI=1S/C13H17N4O8P/c1-15-4-5-16(7-15)26(22,23)24-6-8-10(19)11(20)12(25-8)17-3-2-9(18)14-13(17)21/h2-5,7-8,10-12,19-20H,6H2,1H3,(H-,14,18,21,22,23)/p+1. The lowest BCUT2D eigenvalue weighted by Crippen LogP contribution is -2.37. The fourth-order valence-corrected chi connectivity index (χ4v) is 3.54. The number of aliphatic hydroxyl groups is 2. The van der Waals surface area contributed by atoms with E-state index in [0.717, 1.165) is 21.2 Å². The zero-order chi connectivity index (χ0) is 19.1. The van der Waals surface area contributed by atoms with Gasteiger partial charge in [-0.2, -0.15) is 0 Å². The predicted molar refractivity (Wildman–Crippen MR) is 84.0 cm³/mol. The van der Waals surface area contributed by atoms with Gasteiger partial charge in [0.05, 0.1) is 13.7 Å². The highest BCUT2D eigenvalue weighted by atomic mass is 31.2. The van der Waals surface area contributed by atoms with Gasteiger partial charge in [-0.3, -0.25) is 23.8 Å². The molecule has 3 rings (SSSR count). The SMILES string of the molecule is C[n+]1ccn(P(=O)(O)OCC2OC(n3ccc(=O)[nH]c3=O)C(O)C2O)c1. The van der Waals surface area contributed by atoms with Gasteiger partial charge in [-0.15, -0.1) is 4.34 Å². The van der Waals surface area contributed by atoms with Gasteiger partial charge < -0.3 is 14.9 Å². The molecule has 5 unspecified atom stereocenters. The van der Waals surface area contributed by atoms with Gasteiger partial charge in [0, 0.05) is 12.3 Å². The minimum absolute atomic E-state index is 0.511. The third-order valence-electron chi connectivity index (χ3n) is 3.92. The molecule has 1 fully saturated rings. The Hall–Kier alpha value is -2.08. The molecule has 1 aliphatic heterocycles. The number of aryl methyl sites for hydroxylation is 1. The van der Waals surface area contributed by atoms with Crippen molar-refractivity contribution < 1.29 is 33.5 Å².